The molecule has 28 heavy (non-hydrogen) atoms. The summed E-state index contributed by atoms with van der Waals surface area (Å²) in [4.78, 5) is 34.8. The van der Waals surface area contributed by atoms with Crippen LogP contribution in [0.4, 0.5) is 11.4 Å². The molecular formula is C18H18N4O5S. The third-order valence-corrected chi connectivity index (χ3v) is 3.76. The number of carbonyl (C=O) groups excluding carboxylic acids is 2. The van der Waals surface area contributed by atoms with Crippen molar-refractivity contribution in [2.24, 2.45) is 0 Å². The number of carbonyl (C=O) groups is 2. The Bertz CT molecular complexity index is 903. The number of anilines is 1. The van der Waals surface area contributed by atoms with E-state index in [1.165, 1.54) is 25.3 Å². The summed E-state index contributed by atoms with van der Waals surface area (Å²) in [7, 11) is 1.53. The Kier molecular flexibility index (Phi) is 7.55. The van der Waals surface area contributed by atoms with Crippen molar-refractivity contribution in [2.75, 3.05) is 25.6 Å². The molecule has 0 aliphatic carbocycles. The van der Waals surface area contributed by atoms with Crippen LogP contribution in [0.15, 0.2) is 48.5 Å². The van der Waals surface area contributed by atoms with E-state index in [-0.39, 0.29) is 22.3 Å². The van der Waals surface area contributed by atoms with Gasteiger partial charge in [-0.25, -0.2) is 0 Å². The van der Waals surface area contributed by atoms with Crippen molar-refractivity contribution in [3.63, 3.8) is 0 Å². The molecule has 0 fully saturated rings. The maximum atomic E-state index is 12.3. The van der Waals surface area contributed by atoms with Crippen LogP contribution in [0.2, 0.25) is 0 Å². The van der Waals surface area contributed by atoms with Gasteiger partial charge in [-0.1, -0.05) is 18.2 Å². The lowest BCUT2D eigenvalue weighted by Crippen LogP contribution is -2.35. The van der Waals surface area contributed by atoms with Crippen molar-refractivity contribution in [3.8, 4) is 0 Å². The zero-order valence-electron chi connectivity index (χ0n) is 14.9. The number of rotatable bonds is 7. The van der Waals surface area contributed by atoms with Crippen LogP contribution in [0.5, 0.6) is 0 Å². The number of hydrogen-bond donors (Lipinski definition) is 3. The number of nitro groups is 1. The highest BCUT2D eigenvalue weighted by molar-refractivity contribution is 7.80. The van der Waals surface area contributed by atoms with Crippen LogP contribution in [0.3, 0.4) is 0 Å². The monoisotopic (exact) mass is 402 g/mol. The summed E-state index contributed by atoms with van der Waals surface area (Å²) in [5.41, 5.74) is 0.626. The van der Waals surface area contributed by atoms with Crippen LogP contribution >= 0.6 is 12.2 Å². The van der Waals surface area contributed by atoms with E-state index < -0.39 is 10.8 Å². The first-order chi connectivity index (χ1) is 13.4. The average molecular weight is 402 g/mol. The van der Waals surface area contributed by atoms with Gasteiger partial charge in [0, 0.05) is 31.4 Å². The van der Waals surface area contributed by atoms with Crippen molar-refractivity contribution >= 4 is 40.5 Å². The van der Waals surface area contributed by atoms with E-state index in [9.17, 15) is 19.7 Å². The van der Waals surface area contributed by atoms with E-state index in [1.54, 1.807) is 24.3 Å². The van der Waals surface area contributed by atoms with E-state index in [0.717, 1.165) is 6.07 Å². The van der Waals surface area contributed by atoms with Gasteiger partial charge in [0.25, 0.3) is 17.5 Å². The third kappa shape index (κ3) is 5.83. The molecule has 146 valence electrons. The summed E-state index contributed by atoms with van der Waals surface area (Å²) in [5, 5.41) is 18.7. The van der Waals surface area contributed by atoms with Gasteiger partial charge in [-0.3, -0.25) is 25.0 Å². The minimum absolute atomic E-state index is 0.0475. The highest BCUT2D eigenvalue weighted by Gasteiger charge is 2.15. The number of hydrogen-bond acceptors (Lipinski definition) is 6. The van der Waals surface area contributed by atoms with Gasteiger partial charge in [0.05, 0.1) is 22.8 Å². The highest BCUT2D eigenvalue weighted by Crippen LogP contribution is 2.16. The topological polar surface area (TPSA) is 123 Å². The molecule has 10 heteroatoms. The number of nitro benzene ring substituents is 1. The van der Waals surface area contributed by atoms with Crippen LogP contribution in [0, 0.1) is 10.1 Å². The second-order valence-corrected chi connectivity index (χ2v) is 5.92. The minimum Gasteiger partial charge on any atom is -0.383 e. The molecule has 9 nitrogen and oxygen atoms in total. The van der Waals surface area contributed by atoms with Gasteiger partial charge in [0.15, 0.2) is 5.11 Å². The van der Waals surface area contributed by atoms with E-state index in [2.05, 4.69) is 16.0 Å². The average Bonchev–Trinajstić information content (AvgIpc) is 2.68. The Morgan fingerprint density at radius 3 is 2.61 bits per heavy atom. The molecule has 0 aliphatic heterocycles. The maximum absolute atomic E-state index is 12.3. The predicted molar refractivity (Wildman–Crippen MR) is 107 cm³/mol. The second-order valence-electron chi connectivity index (χ2n) is 5.51. The quantitative estimate of drug-likeness (QED) is 0.280. The molecule has 0 spiro atoms. The van der Waals surface area contributed by atoms with E-state index in [1.807, 2.05) is 0 Å². The summed E-state index contributed by atoms with van der Waals surface area (Å²) in [6, 6.07) is 11.9. The normalized spacial score (nSPS) is 10.0. The number of benzene rings is 2. The van der Waals surface area contributed by atoms with Gasteiger partial charge >= 0.3 is 0 Å². The maximum Gasteiger partial charge on any atom is 0.270 e. The van der Waals surface area contributed by atoms with Crippen molar-refractivity contribution in [1.82, 2.24) is 10.6 Å². The van der Waals surface area contributed by atoms with Gasteiger partial charge in [-0.05, 0) is 30.4 Å². The lowest BCUT2D eigenvalue weighted by Gasteiger charge is -2.13. The van der Waals surface area contributed by atoms with Crippen LogP contribution in [0.25, 0.3) is 0 Å². The number of nitrogens with one attached hydrogen (secondary N) is 3. The third-order valence-electron chi connectivity index (χ3n) is 3.56. The molecule has 0 heterocycles. The van der Waals surface area contributed by atoms with E-state index >= 15 is 0 Å². The number of nitrogens with zero attached hydrogens (tertiary/aromatic N) is 1. The van der Waals surface area contributed by atoms with Crippen molar-refractivity contribution in [2.45, 2.75) is 0 Å². The number of para-hydroxylation sites is 1. The molecule has 0 saturated heterocycles. The number of non-ortho nitro benzene ring substituents is 1. The minimum atomic E-state index is -0.608. The fraction of sp³-hybridized carbons (Fsp3) is 0.167. The lowest BCUT2D eigenvalue weighted by molar-refractivity contribution is -0.384. The lowest BCUT2D eigenvalue weighted by atomic mass is 10.1. The van der Waals surface area contributed by atoms with Crippen molar-refractivity contribution in [3.05, 3.63) is 69.8 Å². The largest absolute Gasteiger partial charge is 0.383 e. The highest BCUT2D eigenvalue weighted by atomic mass is 32.1. The van der Waals surface area contributed by atoms with Crippen LogP contribution in [-0.4, -0.2) is 42.1 Å². The Balaban J connectivity index is 2.05. The molecule has 2 rings (SSSR count). The van der Waals surface area contributed by atoms with Gasteiger partial charge < -0.3 is 15.4 Å². The van der Waals surface area contributed by atoms with Gasteiger partial charge in [-0.15, -0.1) is 0 Å². The fourth-order valence-electron chi connectivity index (χ4n) is 2.24. The summed E-state index contributed by atoms with van der Waals surface area (Å²) >= 11 is 5.12. The molecular weight excluding hydrogens is 384 g/mol. The Labute approximate surface area is 166 Å². The molecule has 0 saturated carbocycles. The first-order valence-electron chi connectivity index (χ1n) is 8.15. The SMILES string of the molecule is COCCNC(=O)c1ccccc1NC(=S)NC(=O)c1cccc([N+](=O)[O-])c1. The molecule has 0 unspecified atom stereocenters. The number of methoxy groups -OCH3 is 1. The van der Waals surface area contributed by atoms with Crippen molar-refractivity contribution in [1.29, 1.82) is 0 Å². The molecule has 0 aliphatic rings. The molecule has 0 bridgehead atoms. The van der Waals surface area contributed by atoms with Crippen LogP contribution in [0.1, 0.15) is 20.7 Å². The predicted octanol–water partition coefficient (Wildman–Crippen LogP) is 2.10. The first-order valence-corrected chi connectivity index (χ1v) is 8.56. The molecule has 2 amide bonds. The van der Waals surface area contributed by atoms with Gasteiger partial charge in [0.2, 0.25) is 0 Å². The summed E-state index contributed by atoms with van der Waals surface area (Å²) in [6.07, 6.45) is 0. The first kappa shape index (κ1) is 20.9. The number of ether oxygens (including phenoxy) is 1. The summed E-state index contributed by atoms with van der Waals surface area (Å²) in [5.74, 6) is -0.934. The summed E-state index contributed by atoms with van der Waals surface area (Å²) < 4.78 is 4.89. The Morgan fingerprint density at radius 1 is 1.14 bits per heavy atom. The second kappa shape index (κ2) is 10.1. The van der Waals surface area contributed by atoms with Crippen LogP contribution in [-0.2, 0) is 4.74 Å². The molecule has 3 N–H and O–H groups in total. The van der Waals surface area contributed by atoms with Crippen molar-refractivity contribution < 1.29 is 19.2 Å². The smallest absolute Gasteiger partial charge is 0.270 e. The van der Waals surface area contributed by atoms with E-state index in [4.69, 9.17) is 17.0 Å². The summed E-state index contributed by atoms with van der Waals surface area (Å²) in [6.45, 7) is 0.719. The standard InChI is InChI=1S/C18H18N4O5S/c1-27-10-9-19-17(24)14-7-2-3-8-15(14)20-18(28)21-16(23)12-5-4-6-13(11-12)22(25)26/h2-8,11H,9-10H2,1H3,(H,19,24)(H2,20,21,23,28). The Hall–Kier alpha value is -3.37. The Morgan fingerprint density at radius 2 is 1.89 bits per heavy atom. The number of thiocarbonyl (C=S) groups is 1. The molecule has 0 radical (unpaired) electrons. The zero-order chi connectivity index (χ0) is 20.5. The van der Waals surface area contributed by atoms with Gasteiger partial charge in [0.1, 0.15) is 0 Å². The molecule has 0 aromatic heterocycles. The molecule has 2 aromatic rings. The van der Waals surface area contributed by atoms with Gasteiger partial charge in [-0.2, -0.15) is 0 Å². The van der Waals surface area contributed by atoms with E-state index in [0.29, 0.717) is 24.4 Å². The number of amides is 2. The zero-order valence-corrected chi connectivity index (χ0v) is 15.7. The van der Waals surface area contributed by atoms with Crippen LogP contribution < -0.4 is 16.0 Å². The molecule has 2 aromatic carbocycles. The fourth-order valence-corrected chi connectivity index (χ4v) is 2.44. The molecule has 0 atom stereocenters.